The van der Waals surface area contributed by atoms with Crippen LogP contribution in [0.2, 0.25) is 0 Å². The number of hydrogen-bond acceptors (Lipinski definition) is 4. The molecule has 1 aliphatic heterocycles. The van der Waals surface area contributed by atoms with Crippen LogP contribution in [-0.4, -0.2) is 28.9 Å². The van der Waals surface area contributed by atoms with Crippen LogP contribution in [0.5, 0.6) is 11.5 Å². The van der Waals surface area contributed by atoms with Gasteiger partial charge in [-0.05, 0) is 63.3 Å². The highest BCUT2D eigenvalue weighted by molar-refractivity contribution is 5.48. The van der Waals surface area contributed by atoms with Crippen LogP contribution >= 0.6 is 0 Å². The summed E-state index contributed by atoms with van der Waals surface area (Å²) in [5.41, 5.74) is 2.74. The molecule has 4 nitrogen and oxygen atoms in total. The van der Waals surface area contributed by atoms with Crippen molar-refractivity contribution in [2.24, 2.45) is 0 Å². The quantitative estimate of drug-likeness (QED) is 0.662. The molecule has 26 heavy (non-hydrogen) atoms. The molecule has 3 N–H and O–H groups in total. The Bertz CT molecular complexity index is 728. The summed E-state index contributed by atoms with van der Waals surface area (Å²) < 4.78 is 5.93. The third-order valence-corrected chi connectivity index (χ3v) is 4.95. The zero-order valence-corrected chi connectivity index (χ0v) is 15.7. The van der Waals surface area contributed by atoms with Gasteiger partial charge in [-0.3, -0.25) is 0 Å². The Morgan fingerprint density at radius 2 is 1.96 bits per heavy atom. The lowest BCUT2D eigenvalue weighted by molar-refractivity contribution is 0.0839. The van der Waals surface area contributed by atoms with Crippen LogP contribution in [0.4, 0.5) is 0 Å². The maximum Gasteiger partial charge on any atom is 0.127 e. The van der Waals surface area contributed by atoms with Crippen LogP contribution in [-0.2, 0) is 12.8 Å². The van der Waals surface area contributed by atoms with Gasteiger partial charge in [0.05, 0.1) is 6.10 Å². The van der Waals surface area contributed by atoms with E-state index in [9.17, 15) is 10.2 Å². The van der Waals surface area contributed by atoms with Crippen molar-refractivity contribution in [3.8, 4) is 11.5 Å². The van der Waals surface area contributed by atoms with Crippen molar-refractivity contribution in [3.63, 3.8) is 0 Å². The van der Waals surface area contributed by atoms with Gasteiger partial charge in [0.1, 0.15) is 17.1 Å². The number of phenols is 1. The topological polar surface area (TPSA) is 61.7 Å². The standard InChI is InChI=1S/C22H29NO3/c1-22(2)11-10-17-13-18(19(24)14-21(17)26-22)20(25)15-23-12-6-9-16-7-4-3-5-8-16/h3-5,7-8,13-14,20,23-25H,6,9-12,15H2,1-2H3. The fourth-order valence-electron chi connectivity index (χ4n) is 3.39. The summed E-state index contributed by atoms with van der Waals surface area (Å²) in [4.78, 5) is 0. The van der Waals surface area contributed by atoms with E-state index in [0.717, 1.165) is 43.5 Å². The highest BCUT2D eigenvalue weighted by atomic mass is 16.5. The third-order valence-electron chi connectivity index (χ3n) is 4.95. The van der Waals surface area contributed by atoms with Crippen LogP contribution in [0, 0.1) is 0 Å². The predicted molar refractivity (Wildman–Crippen MR) is 104 cm³/mol. The van der Waals surface area contributed by atoms with Gasteiger partial charge in [0.25, 0.3) is 0 Å². The summed E-state index contributed by atoms with van der Waals surface area (Å²) in [7, 11) is 0. The minimum absolute atomic E-state index is 0.0973. The summed E-state index contributed by atoms with van der Waals surface area (Å²) >= 11 is 0. The summed E-state index contributed by atoms with van der Waals surface area (Å²) in [5, 5.41) is 24.0. The molecule has 3 rings (SSSR count). The molecule has 0 aromatic heterocycles. The summed E-state index contributed by atoms with van der Waals surface area (Å²) in [6.07, 6.45) is 3.12. The number of aliphatic hydroxyl groups is 1. The Hall–Kier alpha value is -2.04. The molecule has 1 unspecified atom stereocenters. The van der Waals surface area contributed by atoms with Gasteiger partial charge in [0, 0.05) is 18.2 Å². The van der Waals surface area contributed by atoms with Gasteiger partial charge >= 0.3 is 0 Å². The lowest BCUT2D eigenvalue weighted by Crippen LogP contribution is -2.32. The molecular formula is C22H29NO3. The number of aryl methyl sites for hydroxylation is 2. The number of ether oxygens (including phenoxy) is 1. The lowest BCUT2D eigenvalue weighted by Gasteiger charge is -2.33. The molecule has 1 heterocycles. The molecule has 0 amide bonds. The first-order chi connectivity index (χ1) is 12.4. The van der Waals surface area contributed by atoms with Gasteiger partial charge in [-0.2, -0.15) is 0 Å². The van der Waals surface area contributed by atoms with Crippen LogP contribution in [0.3, 0.4) is 0 Å². The smallest absolute Gasteiger partial charge is 0.127 e. The monoisotopic (exact) mass is 355 g/mol. The summed E-state index contributed by atoms with van der Waals surface area (Å²) in [6.45, 7) is 5.35. The molecule has 2 aromatic rings. The molecular weight excluding hydrogens is 326 g/mol. The summed E-state index contributed by atoms with van der Waals surface area (Å²) in [5.74, 6) is 0.825. The van der Waals surface area contributed by atoms with Crippen LogP contribution in [0.25, 0.3) is 0 Å². The molecule has 140 valence electrons. The first kappa shape index (κ1) is 18.7. The molecule has 0 saturated carbocycles. The van der Waals surface area contributed by atoms with Crippen LogP contribution in [0.1, 0.15) is 49.5 Å². The Morgan fingerprint density at radius 1 is 1.19 bits per heavy atom. The average molecular weight is 355 g/mol. The second-order valence-corrected chi connectivity index (χ2v) is 7.69. The number of hydrogen-bond donors (Lipinski definition) is 3. The average Bonchev–Trinajstić information content (AvgIpc) is 2.61. The molecule has 1 atom stereocenters. The number of fused-ring (bicyclic) bond motifs is 1. The summed E-state index contributed by atoms with van der Waals surface area (Å²) in [6, 6.07) is 13.9. The fraction of sp³-hybridized carbons (Fsp3) is 0.455. The second kappa shape index (κ2) is 8.11. The van der Waals surface area contributed by atoms with Crippen molar-refractivity contribution < 1.29 is 14.9 Å². The molecule has 0 fully saturated rings. The van der Waals surface area contributed by atoms with Gasteiger partial charge in [-0.1, -0.05) is 30.3 Å². The van der Waals surface area contributed by atoms with Crippen molar-refractivity contribution in [2.75, 3.05) is 13.1 Å². The minimum Gasteiger partial charge on any atom is -0.507 e. The zero-order chi connectivity index (χ0) is 18.6. The molecule has 0 bridgehead atoms. The molecule has 2 aromatic carbocycles. The molecule has 0 radical (unpaired) electrons. The first-order valence-electron chi connectivity index (χ1n) is 9.42. The van der Waals surface area contributed by atoms with Crippen molar-refractivity contribution >= 4 is 0 Å². The fourth-order valence-corrected chi connectivity index (χ4v) is 3.39. The van der Waals surface area contributed by atoms with Gasteiger partial charge in [0.15, 0.2) is 0 Å². The molecule has 0 spiro atoms. The van der Waals surface area contributed by atoms with Gasteiger partial charge in [-0.25, -0.2) is 0 Å². The van der Waals surface area contributed by atoms with Gasteiger partial charge in [-0.15, -0.1) is 0 Å². The van der Waals surface area contributed by atoms with E-state index in [-0.39, 0.29) is 11.4 Å². The highest BCUT2D eigenvalue weighted by Gasteiger charge is 2.28. The van der Waals surface area contributed by atoms with Crippen molar-refractivity contribution in [2.45, 2.75) is 51.2 Å². The van der Waals surface area contributed by atoms with Crippen molar-refractivity contribution in [3.05, 3.63) is 59.2 Å². The van der Waals surface area contributed by atoms with Gasteiger partial charge < -0.3 is 20.3 Å². The number of rotatable bonds is 7. The molecule has 0 saturated heterocycles. The zero-order valence-electron chi connectivity index (χ0n) is 15.7. The number of aromatic hydroxyl groups is 1. The van der Waals surface area contributed by atoms with E-state index < -0.39 is 6.10 Å². The van der Waals surface area contributed by atoms with Crippen molar-refractivity contribution in [1.29, 1.82) is 0 Å². The molecule has 4 heteroatoms. The van der Waals surface area contributed by atoms with E-state index in [4.69, 9.17) is 4.74 Å². The first-order valence-corrected chi connectivity index (χ1v) is 9.42. The van der Waals surface area contributed by atoms with E-state index in [0.29, 0.717) is 12.1 Å². The Labute approximate surface area is 155 Å². The predicted octanol–water partition coefficient (Wildman–Crippen LogP) is 3.75. The largest absolute Gasteiger partial charge is 0.507 e. The van der Waals surface area contributed by atoms with E-state index in [2.05, 4.69) is 43.4 Å². The highest BCUT2D eigenvalue weighted by Crippen LogP contribution is 2.38. The Balaban J connectivity index is 1.51. The van der Waals surface area contributed by atoms with Crippen LogP contribution in [0.15, 0.2) is 42.5 Å². The van der Waals surface area contributed by atoms with E-state index in [1.54, 1.807) is 6.07 Å². The maximum atomic E-state index is 10.5. The maximum absolute atomic E-state index is 10.5. The second-order valence-electron chi connectivity index (χ2n) is 7.69. The normalized spacial score (nSPS) is 16.6. The minimum atomic E-state index is -0.730. The molecule has 1 aliphatic rings. The van der Waals surface area contributed by atoms with E-state index in [1.807, 2.05) is 12.1 Å². The van der Waals surface area contributed by atoms with Gasteiger partial charge in [0.2, 0.25) is 0 Å². The Morgan fingerprint density at radius 3 is 2.73 bits per heavy atom. The number of phenolic OH excluding ortho intramolecular Hbond substituents is 1. The SMILES string of the molecule is CC1(C)CCc2cc(C(O)CNCCCc3ccccc3)c(O)cc2O1. The number of aliphatic hydroxyl groups excluding tert-OH is 1. The van der Waals surface area contributed by atoms with E-state index >= 15 is 0 Å². The number of benzene rings is 2. The lowest BCUT2D eigenvalue weighted by atomic mass is 9.92. The Kier molecular flexibility index (Phi) is 5.84. The van der Waals surface area contributed by atoms with E-state index in [1.165, 1.54) is 5.56 Å². The number of nitrogens with one attached hydrogen (secondary N) is 1. The molecule has 0 aliphatic carbocycles. The van der Waals surface area contributed by atoms with Crippen LogP contribution < -0.4 is 10.1 Å². The third kappa shape index (κ3) is 4.77. The van der Waals surface area contributed by atoms with Crippen molar-refractivity contribution in [1.82, 2.24) is 5.32 Å².